The maximum absolute atomic E-state index is 13.2. The Morgan fingerprint density at radius 1 is 1.16 bits per heavy atom. The quantitative estimate of drug-likeness (QED) is 0.677. The Bertz CT molecular complexity index is 1090. The monoisotopic (exact) mass is 436 g/mol. The highest BCUT2D eigenvalue weighted by Gasteiger charge is 2.30. The average Bonchev–Trinajstić information content (AvgIpc) is 3.31. The number of nitrogens with zero attached hydrogens (tertiary/aromatic N) is 5. The van der Waals surface area contributed by atoms with Crippen LogP contribution in [0.15, 0.2) is 30.7 Å². The minimum atomic E-state index is 0.152. The molecule has 0 aliphatic carbocycles. The second-order valence-electron chi connectivity index (χ2n) is 9.28. The highest BCUT2D eigenvalue weighted by molar-refractivity contribution is 6.10. The summed E-state index contributed by atoms with van der Waals surface area (Å²) in [5, 5.41) is 2.21. The Hall–Kier alpha value is -2.87. The Kier molecular flexibility index (Phi) is 5.87. The molecule has 170 valence electrons. The van der Waals surface area contributed by atoms with E-state index in [2.05, 4.69) is 45.8 Å². The number of fused-ring (bicyclic) bond motifs is 3. The van der Waals surface area contributed by atoms with Gasteiger partial charge >= 0.3 is 6.03 Å². The van der Waals surface area contributed by atoms with Crippen LogP contribution >= 0.6 is 0 Å². The van der Waals surface area contributed by atoms with Crippen LogP contribution in [0.5, 0.6) is 0 Å². The summed E-state index contributed by atoms with van der Waals surface area (Å²) in [5.74, 6) is 0.515. The van der Waals surface area contributed by atoms with Gasteiger partial charge in [0, 0.05) is 74.7 Å². The van der Waals surface area contributed by atoms with Crippen molar-refractivity contribution in [1.29, 1.82) is 0 Å². The van der Waals surface area contributed by atoms with Crippen LogP contribution in [0.4, 0.5) is 10.5 Å². The number of piperazine rings is 1. The number of ether oxygens (including phenoxy) is 1. The van der Waals surface area contributed by atoms with Crippen molar-refractivity contribution in [3.8, 4) is 0 Å². The number of carbonyl (C=O) groups excluding carboxylic acids is 1. The van der Waals surface area contributed by atoms with Gasteiger partial charge in [0.15, 0.2) is 0 Å². The maximum Gasteiger partial charge on any atom is 0.320 e. The molecule has 8 nitrogen and oxygen atoms in total. The van der Waals surface area contributed by atoms with E-state index >= 15 is 0 Å². The van der Waals surface area contributed by atoms with Crippen molar-refractivity contribution in [2.75, 3.05) is 50.8 Å². The second-order valence-corrected chi connectivity index (χ2v) is 9.28. The highest BCUT2D eigenvalue weighted by Crippen LogP contribution is 2.31. The van der Waals surface area contributed by atoms with Gasteiger partial charge in [-0.25, -0.2) is 9.78 Å². The summed E-state index contributed by atoms with van der Waals surface area (Å²) in [6.07, 6.45) is 7.81. The van der Waals surface area contributed by atoms with E-state index in [1.54, 1.807) is 0 Å². The van der Waals surface area contributed by atoms with Crippen LogP contribution in [0.2, 0.25) is 0 Å². The summed E-state index contributed by atoms with van der Waals surface area (Å²) in [4.78, 5) is 31.7. The zero-order chi connectivity index (χ0) is 22.1. The Labute approximate surface area is 188 Å². The highest BCUT2D eigenvalue weighted by atomic mass is 16.5. The molecule has 5 rings (SSSR count). The Morgan fingerprint density at radius 3 is 2.81 bits per heavy atom. The summed E-state index contributed by atoms with van der Waals surface area (Å²) in [5.41, 5.74) is 2.93. The molecule has 1 N–H and O–H groups in total. The number of pyridine rings is 2. The minimum absolute atomic E-state index is 0.152. The molecule has 2 amide bonds. The van der Waals surface area contributed by atoms with E-state index in [1.807, 2.05) is 28.4 Å². The lowest BCUT2D eigenvalue weighted by molar-refractivity contribution is -0.00611. The number of hydrogen-bond acceptors (Lipinski definition) is 5. The first-order valence-electron chi connectivity index (χ1n) is 11.7. The normalized spacial score (nSPS) is 20.0. The van der Waals surface area contributed by atoms with Gasteiger partial charge in [0.2, 0.25) is 0 Å². The van der Waals surface area contributed by atoms with E-state index in [0.29, 0.717) is 12.5 Å². The number of carbonyl (C=O) groups is 1. The first-order valence-corrected chi connectivity index (χ1v) is 11.7. The summed E-state index contributed by atoms with van der Waals surface area (Å²) < 4.78 is 6.02. The van der Waals surface area contributed by atoms with E-state index < -0.39 is 0 Å². The molecule has 0 radical (unpaired) electrons. The number of aromatic nitrogens is 3. The lowest BCUT2D eigenvalue weighted by Crippen LogP contribution is -2.55. The van der Waals surface area contributed by atoms with E-state index in [4.69, 9.17) is 4.74 Å². The van der Waals surface area contributed by atoms with Gasteiger partial charge in [-0.05, 0) is 30.9 Å². The zero-order valence-corrected chi connectivity index (χ0v) is 19.0. The van der Waals surface area contributed by atoms with Crippen LogP contribution in [-0.2, 0) is 4.74 Å². The lowest BCUT2D eigenvalue weighted by Gasteiger charge is -2.41. The fraction of sp³-hybridized carbons (Fsp3) is 0.542. The maximum atomic E-state index is 13.2. The van der Waals surface area contributed by atoms with E-state index in [0.717, 1.165) is 79.8 Å². The molecule has 5 heterocycles. The van der Waals surface area contributed by atoms with Crippen molar-refractivity contribution in [2.45, 2.75) is 32.8 Å². The predicted octanol–water partition coefficient (Wildman–Crippen LogP) is 3.49. The third-order valence-corrected chi connectivity index (χ3v) is 6.47. The van der Waals surface area contributed by atoms with E-state index in [9.17, 15) is 4.79 Å². The van der Waals surface area contributed by atoms with Gasteiger partial charge in [-0.1, -0.05) is 13.8 Å². The molecule has 0 saturated carbocycles. The number of piperidine rings is 1. The number of hydrogen-bond donors (Lipinski definition) is 1. The fourth-order valence-corrected chi connectivity index (χ4v) is 4.81. The van der Waals surface area contributed by atoms with Crippen molar-refractivity contribution in [3.05, 3.63) is 30.7 Å². The predicted molar refractivity (Wildman–Crippen MR) is 126 cm³/mol. The third kappa shape index (κ3) is 4.11. The Morgan fingerprint density at radius 2 is 2.00 bits per heavy atom. The molecule has 0 spiro atoms. The van der Waals surface area contributed by atoms with Crippen molar-refractivity contribution >= 4 is 33.7 Å². The summed E-state index contributed by atoms with van der Waals surface area (Å²) >= 11 is 0. The molecule has 0 aromatic carbocycles. The van der Waals surface area contributed by atoms with E-state index in [-0.39, 0.29) is 12.1 Å². The summed E-state index contributed by atoms with van der Waals surface area (Å²) in [6.45, 7) is 9.67. The second kappa shape index (κ2) is 8.94. The number of urea groups is 1. The van der Waals surface area contributed by atoms with Crippen LogP contribution in [-0.4, -0.2) is 82.8 Å². The van der Waals surface area contributed by atoms with Crippen molar-refractivity contribution in [3.63, 3.8) is 0 Å². The molecule has 2 aliphatic rings. The summed E-state index contributed by atoms with van der Waals surface area (Å²) in [7, 11) is 0. The van der Waals surface area contributed by atoms with Crippen LogP contribution in [0.25, 0.3) is 21.9 Å². The van der Waals surface area contributed by atoms with Crippen LogP contribution < -0.4 is 4.90 Å². The molecule has 2 aliphatic heterocycles. The molecule has 1 unspecified atom stereocenters. The molecule has 2 saturated heterocycles. The molecule has 1 atom stereocenters. The number of rotatable bonds is 4. The van der Waals surface area contributed by atoms with Gasteiger partial charge in [0.1, 0.15) is 5.65 Å². The molecule has 8 heteroatoms. The van der Waals surface area contributed by atoms with Crippen molar-refractivity contribution in [2.24, 2.45) is 5.92 Å². The van der Waals surface area contributed by atoms with Crippen LogP contribution in [0.3, 0.4) is 0 Å². The number of H-pyrrole nitrogens is 1. The van der Waals surface area contributed by atoms with Crippen LogP contribution in [0, 0.1) is 5.92 Å². The number of nitrogens with one attached hydrogen (secondary N) is 1. The summed E-state index contributed by atoms with van der Waals surface area (Å²) in [6, 6.07) is 4.29. The number of anilines is 1. The zero-order valence-electron chi connectivity index (χ0n) is 19.0. The first-order chi connectivity index (χ1) is 15.6. The molecule has 0 bridgehead atoms. The van der Waals surface area contributed by atoms with Gasteiger partial charge in [-0.3, -0.25) is 4.98 Å². The van der Waals surface area contributed by atoms with E-state index in [1.165, 1.54) is 0 Å². The smallest absolute Gasteiger partial charge is 0.320 e. The van der Waals surface area contributed by atoms with Crippen molar-refractivity contribution < 1.29 is 9.53 Å². The fourth-order valence-electron chi connectivity index (χ4n) is 4.81. The standard InChI is InChI=1S/C24H32N6O2/c1-17(2)16-32-18-4-3-9-30(15-18)24(31)29-12-10-28(11-13-29)21-6-8-25-20-14-27-23-19(22(20)21)5-7-26-23/h5-8,14,17-18H,3-4,9-13,15-16H2,1-2H3,(H,26,27). The van der Waals surface area contributed by atoms with Gasteiger partial charge in [0.05, 0.1) is 17.8 Å². The SMILES string of the molecule is CC(C)COC1CCCN(C(=O)N2CCN(c3ccnc4cnc5[nH]ccc5c34)CC2)C1. The largest absolute Gasteiger partial charge is 0.376 e. The lowest BCUT2D eigenvalue weighted by atomic mass is 10.1. The molecule has 32 heavy (non-hydrogen) atoms. The third-order valence-electron chi connectivity index (χ3n) is 6.47. The van der Waals surface area contributed by atoms with Crippen LogP contribution in [0.1, 0.15) is 26.7 Å². The number of amides is 2. The molecule has 3 aromatic heterocycles. The molecule has 3 aromatic rings. The first kappa shape index (κ1) is 21.0. The molecular formula is C24H32N6O2. The topological polar surface area (TPSA) is 77.6 Å². The van der Waals surface area contributed by atoms with Gasteiger partial charge in [0.25, 0.3) is 0 Å². The number of likely N-dealkylation sites (tertiary alicyclic amines) is 1. The molecular weight excluding hydrogens is 404 g/mol. The number of aromatic amines is 1. The van der Waals surface area contributed by atoms with Gasteiger partial charge in [-0.2, -0.15) is 0 Å². The Balaban J connectivity index is 1.26. The van der Waals surface area contributed by atoms with Crippen molar-refractivity contribution in [1.82, 2.24) is 24.8 Å². The van der Waals surface area contributed by atoms with Gasteiger partial charge < -0.3 is 24.4 Å². The average molecular weight is 437 g/mol. The van der Waals surface area contributed by atoms with Gasteiger partial charge in [-0.15, -0.1) is 0 Å². The molecule has 2 fully saturated rings. The minimum Gasteiger partial charge on any atom is -0.376 e.